The van der Waals surface area contributed by atoms with Crippen LogP contribution in [0.2, 0.25) is 0 Å². The molecule has 19 heavy (non-hydrogen) atoms. The van der Waals surface area contributed by atoms with Gasteiger partial charge < -0.3 is 15.8 Å². The molecule has 110 valence electrons. The molecule has 3 N–H and O–H groups in total. The minimum Gasteiger partial charge on any atom is -0.465 e. The van der Waals surface area contributed by atoms with E-state index in [0.29, 0.717) is 18.9 Å². The molecule has 1 saturated heterocycles. The second kappa shape index (κ2) is 8.15. The zero-order chi connectivity index (χ0) is 14.3. The molecule has 5 heteroatoms. The van der Waals surface area contributed by atoms with Crippen molar-refractivity contribution in [1.29, 1.82) is 0 Å². The van der Waals surface area contributed by atoms with E-state index in [1.54, 1.807) is 0 Å². The first kappa shape index (κ1) is 16.0. The standard InChI is InChI=1S/C14H26N2O3/c1-10(2)6-11(8-15)7-13(17)19-9-12-4-3-5-16-14(12)18/h10-12H,3-9,15H2,1-2H3,(H,16,18)/t11-,12+/m0/s1. The van der Waals surface area contributed by atoms with E-state index in [0.717, 1.165) is 25.8 Å². The van der Waals surface area contributed by atoms with Crippen LogP contribution in [0.1, 0.15) is 39.5 Å². The molecule has 0 aromatic carbocycles. The molecule has 1 aliphatic rings. The molecule has 1 fully saturated rings. The number of nitrogens with one attached hydrogen (secondary N) is 1. The lowest BCUT2D eigenvalue weighted by atomic mass is 9.94. The summed E-state index contributed by atoms with van der Waals surface area (Å²) in [7, 11) is 0. The zero-order valence-corrected chi connectivity index (χ0v) is 12.0. The fourth-order valence-corrected chi connectivity index (χ4v) is 2.41. The van der Waals surface area contributed by atoms with Crippen LogP contribution in [0.5, 0.6) is 0 Å². The Hall–Kier alpha value is -1.10. The van der Waals surface area contributed by atoms with Gasteiger partial charge in [-0.15, -0.1) is 0 Å². The van der Waals surface area contributed by atoms with Gasteiger partial charge in [-0.25, -0.2) is 0 Å². The summed E-state index contributed by atoms with van der Waals surface area (Å²) >= 11 is 0. The molecule has 1 heterocycles. The van der Waals surface area contributed by atoms with Gasteiger partial charge in [-0.1, -0.05) is 13.8 Å². The summed E-state index contributed by atoms with van der Waals surface area (Å²) in [6.45, 7) is 5.65. The van der Waals surface area contributed by atoms with Crippen molar-refractivity contribution in [2.75, 3.05) is 19.7 Å². The average Bonchev–Trinajstić information content (AvgIpc) is 2.36. The van der Waals surface area contributed by atoms with Crippen molar-refractivity contribution in [3.8, 4) is 0 Å². The van der Waals surface area contributed by atoms with Gasteiger partial charge in [0.05, 0.1) is 5.92 Å². The van der Waals surface area contributed by atoms with Gasteiger partial charge in [-0.3, -0.25) is 9.59 Å². The van der Waals surface area contributed by atoms with Gasteiger partial charge in [0.15, 0.2) is 0 Å². The van der Waals surface area contributed by atoms with E-state index in [1.807, 2.05) is 0 Å². The maximum atomic E-state index is 11.7. The molecule has 0 aromatic rings. The Morgan fingerprint density at radius 2 is 2.26 bits per heavy atom. The van der Waals surface area contributed by atoms with Crippen LogP contribution in [-0.4, -0.2) is 31.6 Å². The number of rotatable bonds is 7. The van der Waals surface area contributed by atoms with Crippen LogP contribution in [0.25, 0.3) is 0 Å². The second-order valence-corrected chi connectivity index (χ2v) is 5.75. The van der Waals surface area contributed by atoms with Crippen LogP contribution in [0.4, 0.5) is 0 Å². The minimum atomic E-state index is -0.241. The van der Waals surface area contributed by atoms with Crippen LogP contribution < -0.4 is 11.1 Å². The number of hydrogen-bond donors (Lipinski definition) is 2. The van der Waals surface area contributed by atoms with Gasteiger partial charge in [0, 0.05) is 13.0 Å². The second-order valence-electron chi connectivity index (χ2n) is 5.75. The highest BCUT2D eigenvalue weighted by molar-refractivity contribution is 5.79. The average molecular weight is 270 g/mol. The number of esters is 1. The van der Waals surface area contributed by atoms with E-state index in [2.05, 4.69) is 19.2 Å². The molecule has 0 aliphatic carbocycles. The number of nitrogens with two attached hydrogens (primary N) is 1. The smallest absolute Gasteiger partial charge is 0.306 e. The van der Waals surface area contributed by atoms with Gasteiger partial charge in [0.25, 0.3) is 0 Å². The molecule has 0 radical (unpaired) electrons. The summed E-state index contributed by atoms with van der Waals surface area (Å²) in [6, 6.07) is 0. The Bertz CT molecular complexity index is 305. The SMILES string of the molecule is CC(C)C[C@H](CN)CC(=O)OC[C@H]1CCCNC1=O. The Balaban J connectivity index is 2.28. The normalized spacial score (nSPS) is 21.1. The van der Waals surface area contributed by atoms with Crippen molar-refractivity contribution in [3.63, 3.8) is 0 Å². The van der Waals surface area contributed by atoms with Crippen molar-refractivity contribution >= 4 is 11.9 Å². The molecule has 1 amide bonds. The van der Waals surface area contributed by atoms with Crippen molar-refractivity contribution < 1.29 is 14.3 Å². The predicted octanol–water partition coefficient (Wildman–Crippen LogP) is 1.07. The van der Waals surface area contributed by atoms with Crippen molar-refractivity contribution in [2.24, 2.45) is 23.5 Å². The lowest BCUT2D eigenvalue weighted by Gasteiger charge is -2.22. The lowest BCUT2D eigenvalue weighted by Crippen LogP contribution is -2.39. The number of carbonyl (C=O) groups excluding carboxylic acids is 2. The van der Waals surface area contributed by atoms with E-state index >= 15 is 0 Å². The van der Waals surface area contributed by atoms with Crippen molar-refractivity contribution in [2.45, 2.75) is 39.5 Å². The number of hydrogen-bond acceptors (Lipinski definition) is 4. The first-order valence-corrected chi connectivity index (χ1v) is 7.16. The summed E-state index contributed by atoms with van der Waals surface area (Å²) in [6.07, 6.45) is 3.02. The summed E-state index contributed by atoms with van der Waals surface area (Å²) in [5.41, 5.74) is 5.66. The first-order chi connectivity index (χ1) is 9.02. The molecule has 0 spiro atoms. The topological polar surface area (TPSA) is 81.4 Å². The summed E-state index contributed by atoms with van der Waals surface area (Å²) < 4.78 is 5.21. The number of amides is 1. The number of piperidine rings is 1. The van der Waals surface area contributed by atoms with Crippen LogP contribution in [0.3, 0.4) is 0 Å². The van der Waals surface area contributed by atoms with Crippen LogP contribution in [-0.2, 0) is 14.3 Å². The maximum absolute atomic E-state index is 11.7. The lowest BCUT2D eigenvalue weighted by molar-refractivity contribution is -0.148. The fourth-order valence-electron chi connectivity index (χ4n) is 2.41. The Labute approximate surface area is 115 Å². The third-order valence-electron chi connectivity index (χ3n) is 3.44. The van der Waals surface area contributed by atoms with E-state index in [4.69, 9.17) is 10.5 Å². The number of ether oxygens (including phenoxy) is 1. The Kier molecular flexibility index (Phi) is 6.84. The predicted molar refractivity (Wildman–Crippen MR) is 73.3 cm³/mol. The third-order valence-corrected chi connectivity index (χ3v) is 3.44. The fraction of sp³-hybridized carbons (Fsp3) is 0.857. The largest absolute Gasteiger partial charge is 0.465 e. The highest BCUT2D eigenvalue weighted by Gasteiger charge is 2.24. The molecule has 1 aliphatic heterocycles. The van der Waals surface area contributed by atoms with Crippen molar-refractivity contribution in [1.82, 2.24) is 5.32 Å². The molecule has 0 bridgehead atoms. The minimum absolute atomic E-state index is 0.00314. The summed E-state index contributed by atoms with van der Waals surface area (Å²) in [4.78, 5) is 23.2. The van der Waals surface area contributed by atoms with Crippen LogP contribution >= 0.6 is 0 Å². The van der Waals surface area contributed by atoms with Gasteiger partial charge in [0.1, 0.15) is 6.61 Å². The number of carbonyl (C=O) groups is 2. The van der Waals surface area contributed by atoms with E-state index in [9.17, 15) is 9.59 Å². The Morgan fingerprint density at radius 1 is 1.53 bits per heavy atom. The van der Waals surface area contributed by atoms with Gasteiger partial charge >= 0.3 is 5.97 Å². The van der Waals surface area contributed by atoms with Gasteiger partial charge in [0.2, 0.25) is 5.91 Å². The third kappa shape index (κ3) is 6.05. The molecule has 0 saturated carbocycles. The molecule has 5 nitrogen and oxygen atoms in total. The molecular formula is C14H26N2O3. The molecule has 0 unspecified atom stereocenters. The summed E-state index contributed by atoms with van der Waals surface area (Å²) in [5.74, 6) is 0.267. The van der Waals surface area contributed by atoms with Gasteiger partial charge in [-0.2, -0.15) is 0 Å². The summed E-state index contributed by atoms with van der Waals surface area (Å²) in [5, 5.41) is 2.78. The molecule has 0 aromatic heterocycles. The van der Waals surface area contributed by atoms with Gasteiger partial charge in [-0.05, 0) is 37.6 Å². The van der Waals surface area contributed by atoms with E-state index < -0.39 is 0 Å². The monoisotopic (exact) mass is 270 g/mol. The zero-order valence-electron chi connectivity index (χ0n) is 12.0. The van der Waals surface area contributed by atoms with E-state index in [1.165, 1.54) is 0 Å². The van der Waals surface area contributed by atoms with Crippen LogP contribution in [0.15, 0.2) is 0 Å². The van der Waals surface area contributed by atoms with Crippen molar-refractivity contribution in [3.05, 3.63) is 0 Å². The quantitative estimate of drug-likeness (QED) is 0.678. The molecule has 2 atom stereocenters. The highest BCUT2D eigenvalue weighted by Crippen LogP contribution is 2.16. The van der Waals surface area contributed by atoms with E-state index in [-0.39, 0.29) is 30.3 Å². The first-order valence-electron chi connectivity index (χ1n) is 7.16. The Morgan fingerprint density at radius 3 is 2.84 bits per heavy atom. The maximum Gasteiger partial charge on any atom is 0.306 e. The molecular weight excluding hydrogens is 244 g/mol. The molecule has 1 rings (SSSR count). The highest BCUT2D eigenvalue weighted by atomic mass is 16.5. The van der Waals surface area contributed by atoms with Crippen LogP contribution in [0, 0.1) is 17.8 Å².